The summed E-state index contributed by atoms with van der Waals surface area (Å²) in [5.41, 5.74) is -2.83. The molecule has 0 N–H and O–H groups in total. The van der Waals surface area contributed by atoms with Gasteiger partial charge in [0.2, 0.25) is 0 Å². The van der Waals surface area contributed by atoms with Crippen molar-refractivity contribution < 1.29 is 31.1 Å². The Morgan fingerprint density at radius 2 is 1.23 bits per heavy atom. The van der Waals surface area contributed by atoms with Crippen molar-refractivity contribution in [2.75, 3.05) is 7.11 Å². The number of halogens is 6. The van der Waals surface area contributed by atoms with Gasteiger partial charge >= 0.3 is 12.4 Å². The van der Waals surface area contributed by atoms with Gasteiger partial charge in [-0.15, -0.1) is 0 Å². The first-order chi connectivity index (χ1) is 14.3. The van der Waals surface area contributed by atoms with Crippen LogP contribution >= 0.6 is 0 Å². The lowest BCUT2D eigenvalue weighted by atomic mass is 9.82. The third kappa shape index (κ3) is 9.84. The summed E-state index contributed by atoms with van der Waals surface area (Å²) in [5.74, 6) is 0.191. The second-order valence-corrected chi connectivity index (χ2v) is 8.87. The molecule has 1 aromatic carbocycles. The zero-order valence-corrected chi connectivity index (χ0v) is 19.1. The molecule has 1 aromatic rings. The zero-order chi connectivity index (χ0) is 23.7. The van der Waals surface area contributed by atoms with Gasteiger partial charge in [-0.05, 0) is 69.2 Å². The van der Waals surface area contributed by atoms with Crippen molar-refractivity contribution in [1.29, 1.82) is 0 Å². The van der Waals surface area contributed by atoms with Crippen molar-refractivity contribution in [2.45, 2.75) is 103 Å². The number of benzene rings is 1. The maximum absolute atomic E-state index is 13.1. The van der Waals surface area contributed by atoms with Crippen LogP contribution in [0.3, 0.4) is 0 Å². The predicted molar refractivity (Wildman–Crippen MR) is 112 cm³/mol. The van der Waals surface area contributed by atoms with Crippen molar-refractivity contribution in [3.63, 3.8) is 0 Å². The van der Waals surface area contributed by atoms with Gasteiger partial charge in [0.15, 0.2) is 0 Å². The molecule has 0 heterocycles. The second-order valence-electron chi connectivity index (χ2n) is 8.87. The van der Waals surface area contributed by atoms with E-state index in [1.807, 2.05) is 13.8 Å². The van der Waals surface area contributed by atoms with Gasteiger partial charge in [0.1, 0.15) is 0 Å². The summed E-state index contributed by atoms with van der Waals surface area (Å²) in [5, 5.41) is 0. The summed E-state index contributed by atoms with van der Waals surface area (Å²) < 4.78 is 84.0. The standard InChI is InChI=1S/C24H36F6O/c1-5-6-7-8-9-10-13-19(22(2,3)31-4)14-11-12-18-15-20(23(25,26)27)17-21(16-18)24(28,29)30/h15-17,19H,5-14H2,1-4H3. The largest absolute Gasteiger partial charge is 0.416 e. The lowest BCUT2D eigenvalue weighted by Gasteiger charge is -2.33. The highest BCUT2D eigenvalue weighted by molar-refractivity contribution is 5.33. The SMILES string of the molecule is CCCCCCCCC(CCCc1cc(C(F)(F)F)cc(C(F)(F)F)c1)C(C)(C)OC. The van der Waals surface area contributed by atoms with Gasteiger partial charge in [-0.1, -0.05) is 45.4 Å². The lowest BCUT2D eigenvalue weighted by molar-refractivity contribution is -0.143. The minimum Gasteiger partial charge on any atom is -0.379 e. The molecule has 1 rings (SSSR count). The number of hydrogen-bond acceptors (Lipinski definition) is 1. The fraction of sp³-hybridized carbons (Fsp3) is 0.750. The van der Waals surface area contributed by atoms with Crippen LogP contribution in [0.25, 0.3) is 0 Å². The molecule has 0 aliphatic heterocycles. The summed E-state index contributed by atoms with van der Waals surface area (Å²) in [6, 6.07) is 1.85. The van der Waals surface area contributed by atoms with Crippen LogP contribution in [-0.4, -0.2) is 12.7 Å². The third-order valence-electron chi connectivity index (χ3n) is 6.08. The number of alkyl halides is 6. The number of aryl methyl sites for hydroxylation is 1. The molecular weight excluding hydrogens is 418 g/mol. The van der Waals surface area contributed by atoms with Crippen LogP contribution in [-0.2, 0) is 23.5 Å². The highest BCUT2D eigenvalue weighted by Gasteiger charge is 2.37. The van der Waals surface area contributed by atoms with E-state index in [1.54, 1.807) is 7.11 Å². The van der Waals surface area contributed by atoms with Crippen LogP contribution in [0.15, 0.2) is 18.2 Å². The van der Waals surface area contributed by atoms with Crippen molar-refractivity contribution in [3.05, 3.63) is 34.9 Å². The van der Waals surface area contributed by atoms with Crippen LogP contribution in [0, 0.1) is 5.92 Å². The summed E-state index contributed by atoms with van der Waals surface area (Å²) >= 11 is 0. The van der Waals surface area contributed by atoms with Gasteiger partial charge in [-0.3, -0.25) is 0 Å². The highest BCUT2D eigenvalue weighted by Crippen LogP contribution is 2.37. The van der Waals surface area contributed by atoms with Gasteiger partial charge in [0.05, 0.1) is 16.7 Å². The summed E-state index contributed by atoms with van der Waals surface area (Å²) in [6.45, 7) is 6.14. The minimum atomic E-state index is -4.81. The van der Waals surface area contributed by atoms with E-state index >= 15 is 0 Å². The van der Waals surface area contributed by atoms with Crippen LogP contribution in [0.4, 0.5) is 26.3 Å². The summed E-state index contributed by atoms with van der Waals surface area (Å²) in [7, 11) is 1.64. The van der Waals surface area contributed by atoms with Gasteiger partial charge in [0, 0.05) is 7.11 Å². The molecule has 180 valence electrons. The third-order valence-corrected chi connectivity index (χ3v) is 6.08. The van der Waals surface area contributed by atoms with Crippen molar-refractivity contribution in [3.8, 4) is 0 Å². The van der Waals surface area contributed by atoms with E-state index in [0.717, 1.165) is 31.4 Å². The molecule has 0 aromatic heterocycles. The molecule has 0 aliphatic rings. The van der Waals surface area contributed by atoms with Crippen molar-refractivity contribution >= 4 is 0 Å². The van der Waals surface area contributed by atoms with E-state index in [9.17, 15) is 26.3 Å². The summed E-state index contributed by atoms with van der Waals surface area (Å²) in [6.07, 6.45) is -0.355. The molecule has 1 nitrogen and oxygen atoms in total. The Labute approximate surface area is 182 Å². The predicted octanol–water partition coefficient (Wildman–Crippen LogP) is 8.84. The Hall–Kier alpha value is -1.24. The summed E-state index contributed by atoms with van der Waals surface area (Å²) in [4.78, 5) is 0. The van der Waals surface area contributed by atoms with Crippen LogP contribution < -0.4 is 0 Å². The number of methoxy groups -OCH3 is 1. The number of unbranched alkanes of at least 4 members (excludes halogenated alkanes) is 5. The Balaban J connectivity index is 2.79. The van der Waals surface area contributed by atoms with Crippen molar-refractivity contribution in [1.82, 2.24) is 0 Å². The Morgan fingerprint density at radius 3 is 1.71 bits per heavy atom. The van der Waals surface area contributed by atoms with Crippen LogP contribution in [0.1, 0.15) is 95.2 Å². The minimum absolute atomic E-state index is 0.0655. The molecule has 1 unspecified atom stereocenters. The maximum atomic E-state index is 13.1. The Kier molecular flexibility index (Phi) is 10.9. The van der Waals surface area contributed by atoms with Crippen LogP contribution in [0.2, 0.25) is 0 Å². The van der Waals surface area contributed by atoms with E-state index in [4.69, 9.17) is 4.74 Å². The first-order valence-electron chi connectivity index (χ1n) is 11.1. The van der Waals surface area contributed by atoms with Crippen molar-refractivity contribution in [2.24, 2.45) is 5.92 Å². The number of rotatable bonds is 13. The Bertz CT molecular complexity index is 616. The fourth-order valence-corrected chi connectivity index (χ4v) is 3.89. The topological polar surface area (TPSA) is 9.23 Å². The lowest BCUT2D eigenvalue weighted by Crippen LogP contribution is -2.33. The molecule has 0 fully saturated rings. The molecule has 0 aliphatic carbocycles. The number of hydrogen-bond donors (Lipinski definition) is 0. The highest BCUT2D eigenvalue weighted by atomic mass is 19.4. The molecular formula is C24H36F6O. The van der Waals surface area contributed by atoms with E-state index in [2.05, 4.69) is 6.92 Å². The molecule has 31 heavy (non-hydrogen) atoms. The number of ether oxygens (including phenoxy) is 1. The average molecular weight is 455 g/mol. The Morgan fingerprint density at radius 1 is 0.742 bits per heavy atom. The molecule has 0 radical (unpaired) electrons. The molecule has 0 spiro atoms. The van der Waals surface area contributed by atoms with Crippen LogP contribution in [0.5, 0.6) is 0 Å². The molecule has 0 bridgehead atoms. The van der Waals surface area contributed by atoms with E-state index < -0.39 is 29.1 Å². The second kappa shape index (κ2) is 12.1. The zero-order valence-electron chi connectivity index (χ0n) is 19.1. The first-order valence-corrected chi connectivity index (χ1v) is 11.1. The normalized spacial score (nSPS) is 14.1. The molecule has 0 saturated heterocycles. The smallest absolute Gasteiger partial charge is 0.379 e. The average Bonchev–Trinajstić information content (AvgIpc) is 2.67. The molecule has 0 saturated carbocycles. The van der Waals surface area contributed by atoms with E-state index in [1.165, 1.54) is 25.7 Å². The van der Waals surface area contributed by atoms with E-state index in [0.29, 0.717) is 12.8 Å². The first kappa shape index (κ1) is 27.8. The monoisotopic (exact) mass is 454 g/mol. The van der Waals surface area contributed by atoms with Gasteiger partial charge in [-0.2, -0.15) is 26.3 Å². The molecule has 1 atom stereocenters. The molecule has 0 amide bonds. The quantitative estimate of drug-likeness (QED) is 0.214. The molecule has 7 heteroatoms. The van der Waals surface area contributed by atoms with E-state index in [-0.39, 0.29) is 24.0 Å². The fourth-order valence-electron chi connectivity index (χ4n) is 3.89. The van der Waals surface area contributed by atoms with Gasteiger partial charge in [0.25, 0.3) is 0 Å². The maximum Gasteiger partial charge on any atom is 0.416 e. The van der Waals surface area contributed by atoms with Gasteiger partial charge in [-0.25, -0.2) is 0 Å². The van der Waals surface area contributed by atoms with Gasteiger partial charge < -0.3 is 4.74 Å².